The minimum atomic E-state index is 0.0189. The van der Waals surface area contributed by atoms with Crippen LogP contribution < -0.4 is 15.8 Å². The summed E-state index contributed by atoms with van der Waals surface area (Å²) < 4.78 is 6.14. The molecule has 1 aromatic carbocycles. The van der Waals surface area contributed by atoms with Gasteiger partial charge in [-0.3, -0.25) is 9.78 Å². The number of carbonyl (C=O) groups excluding carboxylic acids is 1. The summed E-state index contributed by atoms with van der Waals surface area (Å²) in [7, 11) is 1.76. The molecule has 2 aromatic rings. The van der Waals surface area contributed by atoms with E-state index in [0.717, 1.165) is 50.8 Å². The van der Waals surface area contributed by atoms with Crippen LogP contribution in [0.4, 0.5) is 5.69 Å². The molecule has 1 atom stereocenters. The van der Waals surface area contributed by atoms with E-state index in [1.165, 1.54) is 0 Å². The van der Waals surface area contributed by atoms with E-state index in [-0.39, 0.29) is 5.91 Å². The summed E-state index contributed by atoms with van der Waals surface area (Å²) in [6.45, 7) is 7.98. The molecule has 7 heteroatoms. The lowest BCUT2D eigenvalue weighted by atomic mass is 10.0. The van der Waals surface area contributed by atoms with Gasteiger partial charge in [0, 0.05) is 66.9 Å². The van der Waals surface area contributed by atoms with Crippen LogP contribution in [0.1, 0.15) is 63.2 Å². The van der Waals surface area contributed by atoms with E-state index in [2.05, 4.69) is 31.1 Å². The van der Waals surface area contributed by atoms with Crippen molar-refractivity contribution < 1.29 is 9.53 Å². The Morgan fingerprint density at radius 1 is 1.29 bits per heavy atom. The van der Waals surface area contributed by atoms with Gasteiger partial charge in [-0.25, -0.2) is 0 Å². The van der Waals surface area contributed by atoms with Gasteiger partial charge in [0.15, 0.2) is 5.88 Å². The van der Waals surface area contributed by atoms with Crippen molar-refractivity contribution in [1.29, 1.82) is 5.41 Å². The van der Waals surface area contributed by atoms with E-state index < -0.39 is 0 Å². The molecule has 0 radical (unpaired) electrons. The number of carbonyl (C=O) groups is 1. The Morgan fingerprint density at radius 3 is 2.71 bits per heavy atom. The van der Waals surface area contributed by atoms with Crippen LogP contribution in [0.3, 0.4) is 0 Å². The van der Waals surface area contributed by atoms with Crippen LogP contribution in [-0.4, -0.2) is 41.6 Å². The second kappa shape index (κ2) is 12.4. The van der Waals surface area contributed by atoms with Crippen molar-refractivity contribution in [2.45, 2.75) is 52.9 Å². The van der Waals surface area contributed by atoms with Crippen molar-refractivity contribution in [3.05, 3.63) is 54.1 Å². The summed E-state index contributed by atoms with van der Waals surface area (Å²) in [5.74, 6) is 1.91. The molecule has 1 fully saturated rings. The normalized spacial score (nSPS) is 14.3. The zero-order valence-electron chi connectivity index (χ0n) is 21.4. The summed E-state index contributed by atoms with van der Waals surface area (Å²) in [4.78, 5) is 19.9. The fraction of sp³-hybridized carbons (Fsp3) is 0.464. The molecule has 35 heavy (non-hydrogen) atoms. The molecule has 1 unspecified atom stereocenters. The maximum Gasteiger partial charge on any atom is 0.253 e. The topological polar surface area (TPSA) is 104 Å². The Morgan fingerprint density at radius 2 is 2.06 bits per heavy atom. The van der Waals surface area contributed by atoms with Crippen molar-refractivity contribution in [2.24, 2.45) is 11.8 Å². The van der Waals surface area contributed by atoms with Gasteiger partial charge in [0.1, 0.15) is 5.75 Å². The molecule has 0 aliphatic heterocycles. The van der Waals surface area contributed by atoms with Crippen molar-refractivity contribution in [1.82, 2.24) is 15.2 Å². The maximum absolute atomic E-state index is 13.4. The zero-order valence-corrected chi connectivity index (χ0v) is 21.4. The Labute approximate surface area is 209 Å². The average Bonchev–Trinajstić information content (AvgIpc) is 3.71. The third-order valence-corrected chi connectivity index (χ3v) is 6.43. The van der Waals surface area contributed by atoms with E-state index in [1.807, 2.05) is 17.0 Å². The predicted molar refractivity (Wildman–Crippen MR) is 143 cm³/mol. The molecular formula is C28H39N5O2. The highest BCUT2D eigenvalue weighted by atomic mass is 16.5. The second-order valence-electron chi connectivity index (χ2n) is 9.37. The highest BCUT2D eigenvalue weighted by Gasteiger charge is 2.25. The van der Waals surface area contributed by atoms with Gasteiger partial charge in [-0.2, -0.15) is 0 Å². The lowest BCUT2D eigenvalue weighted by molar-refractivity contribution is 0.0746. The van der Waals surface area contributed by atoms with E-state index in [4.69, 9.17) is 15.9 Å². The number of amides is 1. The van der Waals surface area contributed by atoms with Gasteiger partial charge < -0.3 is 26.1 Å². The molecule has 1 aliphatic rings. The van der Waals surface area contributed by atoms with Crippen molar-refractivity contribution in [2.75, 3.05) is 25.9 Å². The van der Waals surface area contributed by atoms with Gasteiger partial charge in [-0.1, -0.05) is 27.2 Å². The monoisotopic (exact) mass is 477 g/mol. The summed E-state index contributed by atoms with van der Waals surface area (Å²) in [6.07, 6.45) is 8.49. The quantitative estimate of drug-likeness (QED) is 0.201. The minimum absolute atomic E-state index is 0.0189. The Bertz CT molecular complexity index is 1060. The van der Waals surface area contributed by atoms with Crippen LogP contribution >= 0.6 is 0 Å². The van der Waals surface area contributed by atoms with E-state index in [9.17, 15) is 4.79 Å². The molecule has 1 aliphatic carbocycles. The Balaban J connectivity index is 1.87. The number of aromatic nitrogens is 1. The van der Waals surface area contributed by atoms with Gasteiger partial charge in [0.25, 0.3) is 5.91 Å². The highest BCUT2D eigenvalue weighted by Crippen LogP contribution is 2.33. The lowest BCUT2D eigenvalue weighted by Crippen LogP contribution is -2.33. The molecule has 188 valence electrons. The third kappa shape index (κ3) is 7.31. The Kier molecular flexibility index (Phi) is 9.29. The van der Waals surface area contributed by atoms with Gasteiger partial charge in [-0.05, 0) is 55.9 Å². The lowest BCUT2D eigenvalue weighted by Gasteiger charge is -2.24. The van der Waals surface area contributed by atoms with Crippen LogP contribution in [0.25, 0.3) is 11.3 Å². The molecule has 0 spiro atoms. The number of allylic oxidation sites excluding steroid dienone is 1. The highest BCUT2D eigenvalue weighted by molar-refractivity contribution is 5.96. The number of hydrogen-bond acceptors (Lipinski definition) is 6. The van der Waals surface area contributed by atoms with Gasteiger partial charge in [-0.15, -0.1) is 0 Å². The van der Waals surface area contributed by atoms with E-state index in [1.54, 1.807) is 37.5 Å². The summed E-state index contributed by atoms with van der Waals surface area (Å²) in [6, 6.07) is 8.98. The number of anilines is 1. The predicted octanol–water partition coefficient (Wildman–Crippen LogP) is 5.49. The molecule has 3 rings (SSSR count). The molecular weight excluding hydrogens is 438 g/mol. The first-order valence-corrected chi connectivity index (χ1v) is 12.7. The number of nitrogen functional groups attached to an aromatic ring is 1. The largest absolute Gasteiger partial charge is 0.441 e. The fourth-order valence-corrected chi connectivity index (χ4v) is 3.82. The van der Waals surface area contributed by atoms with Crippen molar-refractivity contribution in [3.63, 3.8) is 0 Å². The number of pyridine rings is 1. The molecule has 0 saturated heterocycles. The first kappa shape index (κ1) is 26.3. The Hall–Kier alpha value is -3.35. The average molecular weight is 478 g/mol. The van der Waals surface area contributed by atoms with Crippen LogP contribution in [0.5, 0.6) is 5.75 Å². The number of hydrogen-bond donors (Lipinski definition) is 3. The smallest absolute Gasteiger partial charge is 0.253 e. The SMILES string of the molecule is CCCN(CCC(C)CC)C(=O)c1ccnc(-c2ccc(N)cc2O/C(=C/C(=N)C2CC2)NC)c1. The summed E-state index contributed by atoms with van der Waals surface area (Å²) in [5, 5.41) is 11.2. The number of ether oxygens (including phenoxy) is 1. The molecule has 0 bridgehead atoms. The van der Waals surface area contributed by atoms with Gasteiger partial charge >= 0.3 is 0 Å². The minimum Gasteiger partial charge on any atom is -0.441 e. The fourth-order valence-electron chi connectivity index (χ4n) is 3.82. The van der Waals surface area contributed by atoms with Crippen molar-refractivity contribution in [3.8, 4) is 17.0 Å². The first-order chi connectivity index (χ1) is 16.9. The second-order valence-corrected chi connectivity index (χ2v) is 9.37. The molecule has 1 aromatic heterocycles. The van der Waals surface area contributed by atoms with Crippen LogP contribution in [-0.2, 0) is 0 Å². The van der Waals surface area contributed by atoms with Crippen LogP contribution in [0, 0.1) is 17.2 Å². The number of nitrogens with two attached hydrogens (primary N) is 1. The van der Waals surface area contributed by atoms with E-state index >= 15 is 0 Å². The maximum atomic E-state index is 13.4. The number of benzene rings is 1. The van der Waals surface area contributed by atoms with E-state index in [0.29, 0.717) is 46.1 Å². The number of rotatable bonds is 13. The van der Waals surface area contributed by atoms with Gasteiger partial charge in [0.2, 0.25) is 0 Å². The molecule has 1 saturated carbocycles. The first-order valence-electron chi connectivity index (χ1n) is 12.7. The molecule has 4 N–H and O–H groups in total. The molecule has 7 nitrogen and oxygen atoms in total. The third-order valence-electron chi connectivity index (χ3n) is 6.43. The number of nitrogens with one attached hydrogen (secondary N) is 2. The number of nitrogens with zero attached hydrogens (tertiary/aromatic N) is 2. The standard InChI is InChI=1S/C28H39N5O2/c1-5-14-33(15-12-19(3)6-2)28(34)21-11-13-32-25(16-21)23-10-9-22(29)17-26(23)35-27(31-4)18-24(30)20-7-8-20/h9-11,13,16-20,30-31H,5-8,12,14-15,29H2,1-4H3/b27-18+,30-24?. The molecule has 1 heterocycles. The zero-order chi connectivity index (χ0) is 25.4. The van der Waals surface area contributed by atoms with Gasteiger partial charge in [0.05, 0.1) is 5.69 Å². The van der Waals surface area contributed by atoms with Crippen LogP contribution in [0.15, 0.2) is 48.5 Å². The van der Waals surface area contributed by atoms with Crippen molar-refractivity contribution >= 4 is 17.3 Å². The summed E-state index contributed by atoms with van der Waals surface area (Å²) in [5.41, 5.74) is 9.15. The summed E-state index contributed by atoms with van der Waals surface area (Å²) >= 11 is 0. The van der Waals surface area contributed by atoms with Crippen LogP contribution in [0.2, 0.25) is 0 Å². The molecule has 1 amide bonds.